The van der Waals surface area contributed by atoms with Crippen molar-refractivity contribution in [3.8, 4) is 0 Å². The molecule has 1 heterocycles. The van der Waals surface area contributed by atoms with Crippen LogP contribution in [0.4, 0.5) is 15.8 Å². The maximum atomic E-state index is 13.4. The van der Waals surface area contributed by atoms with Crippen molar-refractivity contribution in [3.05, 3.63) is 57.9 Å². The predicted molar refractivity (Wildman–Crippen MR) is 115 cm³/mol. The van der Waals surface area contributed by atoms with E-state index in [1.54, 1.807) is 12.1 Å². The summed E-state index contributed by atoms with van der Waals surface area (Å²) in [7, 11) is 0. The molecule has 1 fully saturated rings. The van der Waals surface area contributed by atoms with Crippen molar-refractivity contribution in [1.82, 2.24) is 4.90 Å². The Balaban J connectivity index is 1.70. The van der Waals surface area contributed by atoms with E-state index < -0.39 is 5.25 Å². The third kappa shape index (κ3) is 5.07. The Bertz CT molecular complexity index is 889. The number of amides is 2. The van der Waals surface area contributed by atoms with Gasteiger partial charge in [0, 0.05) is 22.2 Å². The van der Waals surface area contributed by atoms with Gasteiger partial charge >= 0.3 is 0 Å². The van der Waals surface area contributed by atoms with Crippen LogP contribution in [-0.4, -0.2) is 33.7 Å². The number of carbonyl (C=O) groups is 2. The van der Waals surface area contributed by atoms with Gasteiger partial charge in [0.25, 0.3) is 0 Å². The molecule has 1 aliphatic rings. The molecule has 2 amide bonds. The van der Waals surface area contributed by atoms with Gasteiger partial charge in [-0.05, 0) is 72.0 Å². The zero-order valence-electron chi connectivity index (χ0n) is 14.5. The van der Waals surface area contributed by atoms with E-state index in [1.807, 2.05) is 31.2 Å². The Kier molecular flexibility index (Phi) is 6.48. The van der Waals surface area contributed by atoms with E-state index in [4.69, 9.17) is 0 Å². The van der Waals surface area contributed by atoms with Crippen LogP contribution < -0.4 is 5.32 Å². The summed E-state index contributed by atoms with van der Waals surface area (Å²) >= 11 is 3.43. The summed E-state index contributed by atoms with van der Waals surface area (Å²) in [6, 6.07) is 13.3. The summed E-state index contributed by atoms with van der Waals surface area (Å²) in [5.41, 5.74) is 1.13. The molecule has 0 aromatic heterocycles. The van der Waals surface area contributed by atoms with Crippen molar-refractivity contribution >= 4 is 62.7 Å². The smallest absolute Gasteiger partial charge is 0.242 e. The van der Waals surface area contributed by atoms with Crippen LogP contribution in [-0.2, 0) is 9.59 Å². The van der Waals surface area contributed by atoms with Crippen molar-refractivity contribution in [2.24, 2.45) is 4.99 Å². The van der Waals surface area contributed by atoms with Gasteiger partial charge in [0.05, 0.1) is 5.69 Å². The Morgan fingerprint density at radius 1 is 1.30 bits per heavy atom. The lowest BCUT2D eigenvalue weighted by Crippen LogP contribution is -2.33. The number of aliphatic imine (C=N–C) groups is 1. The molecule has 0 bridgehead atoms. The Morgan fingerprint density at radius 3 is 2.70 bits per heavy atom. The SMILES string of the molecule is CCN1C(=O)[C@H](CC(=O)Nc2ccc(I)cc2)SC1=Nc1cccc(F)c1. The Hall–Kier alpha value is -1.94. The van der Waals surface area contributed by atoms with Crippen LogP contribution in [0.3, 0.4) is 0 Å². The second kappa shape index (κ2) is 8.83. The topological polar surface area (TPSA) is 61.8 Å². The fourth-order valence-electron chi connectivity index (χ4n) is 2.59. The second-order valence-corrected chi connectivity index (χ2v) is 8.24. The molecule has 1 saturated heterocycles. The number of nitrogens with zero attached hydrogens (tertiary/aromatic N) is 2. The molecule has 8 heteroatoms. The fraction of sp³-hybridized carbons (Fsp3) is 0.211. The number of anilines is 1. The molecule has 0 radical (unpaired) electrons. The average molecular weight is 497 g/mol. The van der Waals surface area contributed by atoms with Gasteiger partial charge in [-0.2, -0.15) is 0 Å². The first kappa shape index (κ1) is 19.8. The molecule has 27 heavy (non-hydrogen) atoms. The summed E-state index contributed by atoms with van der Waals surface area (Å²) in [5.74, 6) is -0.775. The number of carbonyl (C=O) groups excluding carboxylic acids is 2. The molecule has 0 spiro atoms. The third-order valence-corrected chi connectivity index (χ3v) is 5.76. The van der Waals surface area contributed by atoms with Gasteiger partial charge in [-0.15, -0.1) is 0 Å². The number of amidine groups is 1. The average Bonchev–Trinajstić information content (AvgIpc) is 2.91. The van der Waals surface area contributed by atoms with E-state index in [1.165, 1.54) is 28.8 Å². The minimum atomic E-state index is -0.541. The Morgan fingerprint density at radius 2 is 2.04 bits per heavy atom. The van der Waals surface area contributed by atoms with Gasteiger partial charge in [-0.1, -0.05) is 17.8 Å². The van der Waals surface area contributed by atoms with E-state index in [9.17, 15) is 14.0 Å². The molecule has 1 N–H and O–H groups in total. The minimum absolute atomic E-state index is 0.0498. The predicted octanol–water partition coefficient (Wildman–Crippen LogP) is 4.41. The van der Waals surface area contributed by atoms with Crippen molar-refractivity contribution in [2.45, 2.75) is 18.6 Å². The molecule has 0 unspecified atom stereocenters. The lowest BCUT2D eigenvalue weighted by molar-refractivity contribution is -0.128. The van der Waals surface area contributed by atoms with Gasteiger partial charge in [-0.3, -0.25) is 14.5 Å². The molecule has 5 nitrogen and oxygen atoms in total. The van der Waals surface area contributed by atoms with Gasteiger partial charge in [0.15, 0.2) is 5.17 Å². The number of nitrogens with one attached hydrogen (secondary N) is 1. The largest absolute Gasteiger partial charge is 0.326 e. The number of hydrogen-bond donors (Lipinski definition) is 1. The first-order chi connectivity index (χ1) is 13.0. The van der Waals surface area contributed by atoms with E-state index in [-0.39, 0.29) is 24.1 Å². The highest BCUT2D eigenvalue weighted by Gasteiger charge is 2.38. The summed E-state index contributed by atoms with van der Waals surface area (Å²) in [6.45, 7) is 2.28. The molecular weight excluding hydrogens is 480 g/mol. The number of benzene rings is 2. The molecule has 0 saturated carbocycles. The standard InChI is InChI=1S/C19H17FIN3O2S/c1-2-24-18(26)16(11-17(25)22-14-8-6-13(21)7-9-14)27-19(24)23-15-5-3-4-12(20)10-15/h3-10,16H,2,11H2,1H3,(H,22,25)/t16-/m0/s1. The highest BCUT2D eigenvalue weighted by Crippen LogP contribution is 2.31. The fourth-order valence-corrected chi connectivity index (χ4v) is 4.17. The zero-order chi connectivity index (χ0) is 19.4. The molecule has 2 aromatic rings. The quantitative estimate of drug-likeness (QED) is 0.623. The minimum Gasteiger partial charge on any atom is -0.326 e. The van der Waals surface area contributed by atoms with Crippen LogP contribution in [0.2, 0.25) is 0 Å². The second-order valence-electron chi connectivity index (χ2n) is 5.82. The molecule has 1 aliphatic heterocycles. The van der Waals surface area contributed by atoms with Crippen molar-refractivity contribution in [3.63, 3.8) is 0 Å². The van der Waals surface area contributed by atoms with E-state index in [0.29, 0.717) is 23.1 Å². The third-order valence-electron chi connectivity index (χ3n) is 3.87. The van der Waals surface area contributed by atoms with Crippen LogP contribution in [0.1, 0.15) is 13.3 Å². The number of rotatable bonds is 5. The molecule has 0 aliphatic carbocycles. The zero-order valence-corrected chi connectivity index (χ0v) is 17.5. The molecule has 3 rings (SSSR count). The van der Waals surface area contributed by atoms with Gasteiger partial charge < -0.3 is 5.32 Å². The molecule has 140 valence electrons. The van der Waals surface area contributed by atoms with Crippen molar-refractivity contribution in [2.75, 3.05) is 11.9 Å². The van der Waals surface area contributed by atoms with Gasteiger partial charge in [-0.25, -0.2) is 9.38 Å². The summed E-state index contributed by atoms with van der Waals surface area (Å²) in [5, 5.41) is 2.75. The highest BCUT2D eigenvalue weighted by molar-refractivity contribution is 14.1. The maximum Gasteiger partial charge on any atom is 0.242 e. The van der Waals surface area contributed by atoms with E-state index in [0.717, 1.165) is 3.57 Å². The van der Waals surface area contributed by atoms with Gasteiger partial charge in [0.1, 0.15) is 11.1 Å². The normalized spacial score (nSPS) is 18.2. The first-order valence-electron chi connectivity index (χ1n) is 8.34. The summed E-state index contributed by atoms with van der Waals surface area (Å²) in [4.78, 5) is 30.8. The summed E-state index contributed by atoms with van der Waals surface area (Å²) < 4.78 is 14.4. The Labute approximate surface area is 174 Å². The van der Waals surface area contributed by atoms with Crippen molar-refractivity contribution in [1.29, 1.82) is 0 Å². The van der Waals surface area contributed by atoms with Crippen LogP contribution in [0, 0.1) is 9.39 Å². The monoisotopic (exact) mass is 497 g/mol. The molecule has 2 aromatic carbocycles. The number of hydrogen-bond acceptors (Lipinski definition) is 4. The molecular formula is C19H17FIN3O2S. The van der Waals surface area contributed by atoms with E-state index in [2.05, 4.69) is 32.9 Å². The van der Waals surface area contributed by atoms with Crippen LogP contribution in [0.15, 0.2) is 53.5 Å². The first-order valence-corrected chi connectivity index (χ1v) is 10.3. The molecule has 1 atom stereocenters. The van der Waals surface area contributed by atoms with Crippen LogP contribution >= 0.6 is 34.4 Å². The summed E-state index contributed by atoms with van der Waals surface area (Å²) in [6.07, 6.45) is 0.0498. The number of thioether (sulfide) groups is 1. The lowest BCUT2D eigenvalue weighted by atomic mass is 10.2. The number of halogens is 2. The lowest BCUT2D eigenvalue weighted by Gasteiger charge is -2.13. The van der Waals surface area contributed by atoms with Crippen LogP contribution in [0.5, 0.6) is 0 Å². The van der Waals surface area contributed by atoms with Crippen molar-refractivity contribution < 1.29 is 14.0 Å². The maximum absolute atomic E-state index is 13.4. The van der Waals surface area contributed by atoms with Gasteiger partial charge in [0.2, 0.25) is 11.8 Å². The van der Waals surface area contributed by atoms with E-state index >= 15 is 0 Å². The highest BCUT2D eigenvalue weighted by atomic mass is 127. The van der Waals surface area contributed by atoms with Crippen LogP contribution in [0.25, 0.3) is 0 Å².